The van der Waals surface area contributed by atoms with Crippen molar-refractivity contribution in [1.82, 2.24) is 5.32 Å². The van der Waals surface area contributed by atoms with Gasteiger partial charge in [0, 0.05) is 22.3 Å². The van der Waals surface area contributed by atoms with Crippen LogP contribution in [0.15, 0.2) is 23.1 Å². The van der Waals surface area contributed by atoms with Crippen LogP contribution in [0.3, 0.4) is 0 Å². The third-order valence-corrected chi connectivity index (χ3v) is 4.97. The molecule has 1 aliphatic carbocycles. The van der Waals surface area contributed by atoms with Crippen molar-refractivity contribution in [1.29, 1.82) is 0 Å². The minimum Gasteiger partial charge on any atom is -0.349 e. The normalized spacial score (nSPS) is 21.6. The summed E-state index contributed by atoms with van der Waals surface area (Å²) in [7, 11) is 1.53. The van der Waals surface area contributed by atoms with Crippen molar-refractivity contribution in [2.24, 2.45) is 5.92 Å². The third-order valence-electron chi connectivity index (χ3n) is 3.62. The minimum absolute atomic E-state index is 0.0171. The van der Waals surface area contributed by atoms with Crippen LogP contribution < -0.4 is 5.32 Å². The number of halogens is 1. The average molecular weight is 316 g/mol. The van der Waals surface area contributed by atoms with E-state index in [9.17, 15) is 13.2 Å². The molecule has 0 radical (unpaired) electrons. The highest BCUT2D eigenvalue weighted by Crippen LogP contribution is 2.34. The maximum Gasteiger partial charge on any atom is 0.261 e. The van der Waals surface area contributed by atoms with E-state index in [-0.39, 0.29) is 16.8 Å². The molecule has 2 atom stereocenters. The first-order chi connectivity index (χ1) is 9.32. The van der Waals surface area contributed by atoms with E-state index < -0.39 is 9.05 Å². The number of hydrogen-bond donors (Lipinski definition) is 1. The summed E-state index contributed by atoms with van der Waals surface area (Å²) in [6.45, 7) is 3.84. The van der Waals surface area contributed by atoms with E-state index in [4.69, 9.17) is 10.7 Å². The summed E-state index contributed by atoms with van der Waals surface area (Å²) in [5, 5.41) is 2.98. The van der Waals surface area contributed by atoms with E-state index in [0.29, 0.717) is 17.0 Å². The molecule has 0 bridgehead atoms. The number of nitrogens with one attached hydrogen (secondary N) is 1. The molecule has 1 aromatic rings. The smallest absolute Gasteiger partial charge is 0.261 e. The monoisotopic (exact) mass is 315 g/mol. The molecule has 1 saturated carbocycles. The zero-order valence-corrected chi connectivity index (χ0v) is 13.1. The van der Waals surface area contributed by atoms with Gasteiger partial charge in [-0.15, -0.1) is 0 Å². The SMILES string of the molecule is CCCC1CC1NC(=O)c1ccc(S(=O)(=O)Cl)cc1C. The third kappa shape index (κ3) is 3.52. The molecule has 4 nitrogen and oxygen atoms in total. The maximum atomic E-state index is 12.1. The lowest BCUT2D eigenvalue weighted by Gasteiger charge is -2.08. The summed E-state index contributed by atoms with van der Waals surface area (Å²) >= 11 is 0. The minimum atomic E-state index is -3.75. The Hall–Kier alpha value is -1.07. The standard InChI is InChI=1S/C14H18ClNO3S/c1-3-4-10-8-13(10)16-14(17)12-6-5-11(7-9(12)2)20(15,18)19/h5-7,10,13H,3-4,8H2,1-2H3,(H,16,17). The van der Waals surface area contributed by atoms with Crippen molar-refractivity contribution >= 4 is 25.6 Å². The Balaban J connectivity index is 2.08. The second-order valence-corrected chi connectivity index (χ2v) is 7.84. The summed E-state index contributed by atoms with van der Waals surface area (Å²) in [5.41, 5.74) is 1.10. The highest BCUT2D eigenvalue weighted by molar-refractivity contribution is 8.13. The lowest BCUT2D eigenvalue weighted by Crippen LogP contribution is -2.27. The highest BCUT2D eigenvalue weighted by Gasteiger charge is 2.37. The number of benzene rings is 1. The molecule has 1 aromatic carbocycles. The van der Waals surface area contributed by atoms with Crippen LogP contribution in [0.4, 0.5) is 0 Å². The number of aryl methyl sites for hydroxylation is 1. The van der Waals surface area contributed by atoms with Crippen molar-refractivity contribution in [2.45, 2.75) is 44.0 Å². The van der Waals surface area contributed by atoms with Gasteiger partial charge in [-0.05, 0) is 49.4 Å². The largest absolute Gasteiger partial charge is 0.349 e. The molecule has 0 spiro atoms. The predicted octanol–water partition coefficient (Wildman–Crippen LogP) is 2.84. The van der Waals surface area contributed by atoms with Gasteiger partial charge < -0.3 is 5.32 Å². The Morgan fingerprint density at radius 1 is 1.45 bits per heavy atom. The van der Waals surface area contributed by atoms with Crippen molar-refractivity contribution in [3.05, 3.63) is 29.3 Å². The van der Waals surface area contributed by atoms with Gasteiger partial charge in [-0.3, -0.25) is 4.79 Å². The highest BCUT2D eigenvalue weighted by atomic mass is 35.7. The van der Waals surface area contributed by atoms with E-state index in [1.54, 1.807) is 6.92 Å². The van der Waals surface area contributed by atoms with Crippen LogP contribution in [0, 0.1) is 12.8 Å². The summed E-state index contributed by atoms with van der Waals surface area (Å²) in [4.78, 5) is 12.2. The molecule has 110 valence electrons. The number of hydrogen-bond acceptors (Lipinski definition) is 3. The first kappa shape index (κ1) is 15.3. The molecule has 1 amide bonds. The van der Waals surface area contributed by atoms with Gasteiger partial charge in [0.15, 0.2) is 0 Å². The fourth-order valence-corrected chi connectivity index (χ4v) is 3.24. The Morgan fingerprint density at radius 2 is 2.15 bits per heavy atom. The Kier molecular flexibility index (Phi) is 4.39. The van der Waals surface area contributed by atoms with E-state index in [1.807, 2.05) is 0 Å². The van der Waals surface area contributed by atoms with Gasteiger partial charge in [-0.2, -0.15) is 0 Å². The number of carbonyl (C=O) groups is 1. The molecular formula is C14H18ClNO3S. The maximum absolute atomic E-state index is 12.1. The number of rotatable bonds is 5. The molecule has 2 rings (SSSR count). The lowest BCUT2D eigenvalue weighted by atomic mass is 10.1. The van der Waals surface area contributed by atoms with Crippen molar-refractivity contribution in [3.63, 3.8) is 0 Å². The molecule has 1 fully saturated rings. The van der Waals surface area contributed by atoms with Crippen molar-refractivity contribution in [2.75, 3.05) is 0 Å². The second kappa shape index (κ2) is 5.74. The first-order valence-electron chi connectivity index (χ1n) is 6.69. The second-order valence-electron chi connectivity index (χ2n) is 5.28. The Morgan fingerprint density at radius 3 is 2.70 bits per heavy atom. The molecule has 6 heteroatoms. The molecule has 1 N–H and O–H groups in total. The van der Waals surface area contributed by atoms with Crippen LogP contribution in [-0.4, -0.2) is 20.4 Å². The summed E-state index contributed by atoms with van der Waals surface area (Å²) in [6.07, 6.45) is 3.29. The van der Waals surface area contributed by atoms with Gasteiger partial charge >= 0.3 is 0 Å². The number of carbonyl (C=O) groups excluding carboxylic acids is 1. The van der Waals surface area contributed by atoms with Gasteiger partial charge in [-0.1, -0.05) is 13.3 Å². The Bertz CT molecular complexity index is 627. The molecule has 2 unspecified atom stereocenters. The Labute approximate surface area is 123 Å². The van der Waals surface area contributed by atoms with E-state index in [1.165, 1.54) is 18.2 Å². The van der Waals surface area contributed by atoms with Crippen molar-refractivity contribution < 1.29 is 13.2 Å². The van der Waals surface area contributed by atoms with Crippen molar-refractivity contribution in [3.8, 4) is 0 Å². The quantitative estimate of drug-likeness (QED) is 0.850. The fraction of sp³-hybridized carbons (Fsp3) is 0.500. The summed E-state index contributed by atoms with van der Waals surface area (Å²) in [6, 6.07) is 4.56. The van der Waals surface area contributed by atoms with Gasteiger partial charge in [0.05, 0.1) is 4.90 Å². The van der Waals surface area contributed by atoms with Crippen LogP contribution in [0.5, 0.6) is 0 Å². The van der Waals surface area contributed by atoms with Crippen LogP contribution in [0.1, 0.15) is 42.1 Å². The number of amides is 1. The zero-order valence-electron chi connectivity index (χ0n) is 11.5. The lowest BCUT2D eigenvalue weighted by molar-refractivity contribution is 0.0948. The summed E-state index contributed by atoms with van der Waals surface area (Å²) < 4.78 is 22.5. The molecular weight excluding hydrogens is 298 g/mol. The topological polar surface area (TPSA) is 63.2 Å². The molecule has 0 saturated heterocycles. The molecule has 0 aromatic heterocycles. The van der Waals surface area contributed by atoms with Crippen LogP contribution >= 0.6 is 10.7 Å². The van der Waals surface area contributed by atoms with E-state index in [0.717, 1.165) is 19.3 Å². The zero-order chi connectivity index (χ0) is 14.9. The van der Waals surface area contributed by atoms with Gasteiger partial charge in [0.25, 0.3) is 15.0 Å². The van der Waals surface area contributed by atoms with Gasteiger partial charge in [0.2, 0.25) is 0 Å². The molecule has 20 heavy (non-hydrogen) atoms. The molecule has 0 aliphatic heterocycles. The molecule has 1 aliphatic rings. The van der Waals surface area contributed by atoms with E-state index in [2.05, 4.69) is 12.2 Å². The van der Waals surface area contributed by atoms with Gasteiger partial charge in [0.1, 0.15) is 0 Å². The average Bonchev–Trinajstić information content (AvgIpc) is 3.06. The van der Waals surface area contributed by atoms with Crippen LogP contribution in [-0.2, 0) is 9.05 Å². The van der Waals surface area contributed by atoms with E-state index >= 15 is 0 Å². The first-order valence-corrected chi connectivity index (χ1v) is 9.00. The predicted molar refractivity (Wildman–Crippen MR) is 78.5 cm³/mol. The summed E-state index contributed by atoms with van der Waals surface area (Å²) in [5.74, 6) is 0.441. The van der Waals surface area contributed by atoms with Crippen LogP contribution in [0.25, 0.3) is 0 Å². The fourth-order valence-electron chi connectivity index (χ4n) is 2.40. The molecule has 0 heterocycles. The van der Waals surface area contributed by atoms with Gasteiger partial charge in [-0.25, -0.2) is 8.42 Å². The van der Waals surface area contributed by atoms with Crippen LogP contribution in [0.2, 0.25) is 0 Å².